The molecule has 1 fully saturated rings. The van der Waals surface area contributed by atoms with Gasteiger partial charge in [0, 0.05) is 28.6 Å². The Balaban J connectivity index is 1.33. The number of piperidine rings is 1. The molecule has 1 aliphatic heterocycles. The van der Waals surface area contributed by atoms with Crippen molar-refractivity contribution in [3.05, 3.63) is 51.3 Å². The summed E-state index contributed by atoms with van der Waals surface area (Å²) >= 11 is 18.3. The maximum Gasteiger partial charge on any atom is 0.241 e. The van der Waals surface area contributed by atoms with Crippen molar-refractivity contribution in [3.8, 4) is 22.9 Å². The van der Waals surface area contributed by atoms with Gasteiger partial charge < -0.3 is 19.3 Å². The maximum atomic E-state index is 12.9. The van der Waals surface area contributed by atoms with Crippen molar-refractivity contribution in [2.45, 2.75) is 19.4 Å². The van der Waals surface area contributed by atoms with E-state index < -0.39 is 0 Å². The lowest BCUT2D eigenvalue weighted by molar-refractivity contribution is -0.121. The van der Waals surface area contributed by atoms with Crippen LogP contribution in [0.15, 0.2) is 34.9 Å². The summed E-state index contributed by atoms with van der Waals surface area (Å²) in [5.74, 6) is 1.64. The van der Waals surface area contributed by atoms with Gasteiger partial charge in [-0.2, -0.15) is 4.98 Å². The van der Waals surface area contributed by atoms with E-state index in [0.717, 1.165) is 13.1 Å². The molecule has 1 aromatic heterocycles. The van der Waals surface area contributed by atoms with Gasteiger partial charge in [-0.25, -0.2) is 0 Å². The number of amides is 1. The average Bonchev–Trinajstić information content (AvgIpc) is 3.28. The Morgan fingerprint density at radius 2 is 1.82 bits per heavy atom. The van der Waals surface area contributed by atoms with Crippen LogP contribution in [0.4, 0.5) is 5.69 Å². The number of anilines is 1. The smallest absolute Gasteiger partial charge is 0.241 e. The summed E-state index contributed by atoms with van der Waals surface area (Å²) in [5, 5.41) is 8.39. The van der Waals surface area contributed by atoms with Crippen molar-refractivity contribution >= 4 is 46.4 Å². The van der Waals surface area contributed by atoms with Gasteiger partial charge in [-0.15, -0.1) is 0 Å². The van der Waals surface area contributed by atoms with Gasteiger partial charge in [0.05, 0.1) is 36.5 Å². The molecule has 1 N–H and O–H groups in total. The molecule has 0 unspecified atom stereocenters. The molecular formula is C23H23Cl3N4O4. The minimum absolute atomic E-state index is 0.0696. The number of nitrogens with zero attached hydrogens (tertiary/aromatic N) is 3. The van der Waals surface area contributed by atoms with Crippen LogP contribution in [-0.4, -0.2) is 48.3 Å². The van der Waals surface area contributed by atoms with E-state index in [2.05, 4.69) is 20.4 Å². The van der Waals surface area contributed by atoms with Gasteiger partial charge in [0.2, 0.25) is 17.6 Å². The number of ether oxygens (including phenoxy) is 2. The maximum absolute atomic E-state index is 12.9. The Morgan fingerprint density at radius 1 is 1.09 bits per heavy atom. The molecule has 180 valence electrons. The number of hydrogen-bond donors (Lipinski definition) is 1. The zero-order valence-corrected chi connectivity index (χ0v) is 20.9. The van der Waals surface area contributed by atoms with Gasteiger partial charge in [-0.3, -0.25) is 9.69 Å². The van der Waals surface area contributed by atoms with E-state index in [0.29, 0.717) is 68.9 Å². The number of aromatic nitrogens is 2. The third kappa shape index (κ3) is 5.58. The largest absolute Gasteiger partial charge is 0.495 e. The van der Waals surface area contributed by atoms with Gasteiger partial charge in [0.15, 0.2) is 0 Å². The summed E-state index contributed by atoms with van der Waals surface area (Å²) in [5.41, 5.74) is 1.18. The monoisotopic (exact) mass is 524 g/mol. The Kier molecular flexibility index (Phi) is 7.83. The standard InChI is InChI=1S/C23H23Cl3N4O4/c1-32-19-11-18(20(33-2)10-17(19)26)27-23(31)13-5-7-30(8-6-13)12-21-28-22(29-34-21)15-4-3-14(24)9-16(15)25/h3-4,9-11,13H,5-8,12H2,1-2H3,(H,27,31). The molecular weight excluding hydrogens is 503 g/mol. The van der Waals surface area contributed by atoms with Crippen molar-refractivity contribution in [1.29, 1.82) is 0 Å². The number of methoxy groups -OCH3 is 2. The molecule has 0 spiro atoms. The van der Waals surface area contributed by atoms with E-state index in [9.17, 15) is 4.79 Å². The number of benzene rings is 2. The molecule has 0 aliphatic carbocycles. The van der Waals surface area contributed by atoms with E-state index in [1.807, 2.05) is 0 Å². The van der Waals surface area contributed by atoms with Crippen molar-refractivity contribution in [2.24, 2.45) is 5.92 Å². The van der Waals surface area contributed by atoms with Crippen molar-refractivity contribution in [1.82, 2.24) is 15.0 Å². The fourth-order valence-electron chi connectivity index (χ4n) is 3.84. The normalized spacial score (nSPS) is 14.7. The molecule has 4 rings (SSSR count). The number of nitrogens with one attached hydrogen (secondary N) is 1. The van der Waals surface area contributed by atoms with Crippen molar-refractivity contribution < 1.29 is 18.8 Å². The Labute approximate surface area is 212 Å². The summed E-state index contributed by atoms with van der Waals surface area (Å²) in [6.45, 7) is 1.94. The van der Waals surface area contributed by atoms with Crippen LogP contribution >= 0.6 is 34.8 Å². The van der Waals surface area contributed by atoms with Crippen molar-refractivity contribution in [2.75, 3.05) is 32.6 Å². The zero-order chi connectivity index (χ0) is 24.2. The molecule has 0 bridgehead atoms. The second-order valence-electron chi connectivity index (χ2n) is 7.86. The minimum atomic E-state index is -0.131. The molecule has 8 nitrogen and oxygen atoms in total. The molecule has 1 amide bonds. The van der Waals surface area contributed by atoms with E-state index in [1.54, 1.807) is 30.3 Å². The molecule has 1 saturated heterocycles. The van der Waals surface area contributed by atoms with E-state index in [-0.39, 0.29) is 11.8 Å². The first-order chi connectivity index (χ1) is 16.4. The number of rotatable bonds is 7. The minimum Gasteiger partial charge on any atom is -0.495 e. The number of likely N-dealkylation sites (tertiary alicyclic amines) is 1. The predicted octanol–water partition coefficient (Wildman–Crippen LogP) is 5.56. The van der Waals surface area contributed by atoms with Crippen LogP contribution in [0.1, 0.15) is 18.7 Å². The fourth-order valence-corrected chi connectivity index (χ4v) is 4.56. The molecule has 11 heteroatoms. The van der Waals surface area contributed by atoms with Crippen LogP contribution in [0.25, 0.3) is 11.4 Å². The van der Waals surface area contributed by atoms with Gasteiger partial charge >= 0.3 is 0 Å². The number of hydrogen-bond acceptors (Lipinski definition) is 7. The first-order valence-electron chi connectivity index (χ1n) is 10.6. The highest BCUT2D eigenvalue weighted by molar-refractivity contribution is 6.36. The van der Waals surface area contributed by atoms with Crippen LogP contribution in [0.5, 0.6) is 11.5 Å². The zero-order valence-electron chi connectivity index (χ0n) is 18.6. The summed E-state index contributed by atoms with van der Waals surface area (Å²) in [6.07, 6.45) is 1.39. The summed E-state index contributed by atoms with van der Waals surface area (Å²) in [6, 6.07) is 8.40. The van der Waals surface area contributed by atoms with Crippen LogP contribution in [0.3, 0.4) is 0 Å². The lowest BCUT2D eigenvalue weighted by Gasteiger charge is -2.30. The number of carbonyl (C=O) groups excluding carboxylic acids is 1. The molecule has 3 aromatic rings. The van der Waals surface area contributed by atoms with Crippen LogP contribution < -0.4 is 14.8 Å². The summed E-state index contributed by atoms with van der Waals surface area (Å²) in [4.78, 5) is 19.5. The third-order valence-electron chi connectivity index (χ3n) is 5.69. The number of carbonyl (C=O) groups is 1. The second kappa shape index (κ2) is 10.8. The van der Waals surface area contributed by atoms with Crippen LogP contribution in [0.2, 0.25) is 15.1 Å². The molecule has 0 radical (unpaired) electrons. The topological polar surface area (TPSA) is 89.7 Å². The first kappa shape index (κ1) is 24.6. The van der Waals surface area contributed by atoms with Gasteiger partial charge in [-0.05, 0) is 44.1 Å². The quantitative estimate of drug-likeness (QED) is 0.431. The van der Waals surface area contributed by atoms with E-state index >= 15 is 0 Å². The number of halogens is 3. The predicted molar refractivity (Wildman–Crippen MR) is 131 cm³/mol. The van der Waals surface area contributed by atoms with E-state index in [4.69, 9.17) is 48.8 Å². The highest BCUT2D eigenvalue weighted by Crippen LogP contribution is 2.36. The van der Waals surface area contributed by atoms with Crippen LogP contribution in [0, 0.1) is 5.92 Å². The fraction of sp³-hybridized carbons (Fsp3) is 0.348. The molecule has 1 aliphatic rings. The average molecular weight is 526 g/mol. The summed E-state index contributed by atoms with van der Waals surface area (Å²) in [7, 11) is 3.04. The SMILES string of the molecule is COc1cc(NC(=O)C2CCN(Cc3nc(-c4ccc(Cl)cc4Cl)no3)CC2)c(OC)cc1Cl. The first-order valence-corrected chi connectivity index (χ1v) is 11.7. The highest BCUT2D eigenvalue weighted by Gasteiger charge is 2.27. The molecule has 0 atom stereocenters. The Morgan fingerprint density at radius 3 is 2.50 bits per heavy atom. The van der Waals surface area contributed by atoms with Crippen LogP contribution in [-0.2, 0) is 11.3 Å². The lowest BCUT2D eigenvalue weighted by Crippen LogP contribution is -2.37. The second-order valence-corrected chi connectivity index (χ2v) is 9.11. The lowest BCUT2D eigenvalue weighted by atomic mass is 9.95. The third-order valence-corrected chi connectivity index (χ3v) is 6.53. The Hall–Kier alpha value is -2.52. The van der Waals surface area contributed by atoms with Crippen molar-refractivity contribution in [3.63, 3.8) is 0 Å². The molecule has 2 heterocycles. The van der Waals surface area contributed by atoms with E-state index in [1.165, 1.54) is 14.2 Å². The summed E-state index contributed by atoms with van der Waals surface area (Å²) < 4.78 is 16.0. The van der Waals surface area contributed by atoms with Gasteiger partial charge in [0.1, 0.15) is 11.5 Å². The van der Waals surface area contributed by atoms with Gasteiger partial charge in [-0.1, -0.05) is 40.0 Å². The molecule has 2 aromatic carbocycles. The highest BCUT2D eigenvalue weighted by atomic mass is 35.5. The Bertz CT molecular complexity index is 1180. The van der Waals surface area contributed by atoms with Gasteiger partial charge in [0.25, 0.3) is 0 Å². The molecule has 34 heavy (non-hydrogen) atoms. The molecule has 0 saturated carbocycles.